The monoisotopic (exact) mass is 348 g/mol. The van der Waals surface area contributed by atoms with Gasteiger partial charge in [-0.05, 0) is 55.7 Å². The molecule has 2 aromatic rings. The molecule has 0 N–H and O–H groups in total. The predicted octanol–water partition coefficient (Wildman–Crippen LogP) is 3.03. The Kier molecular flexibility index (Phi) is 4.91. The molecular weight excluding hydrogens is 324 g/mol. The molecule has 0 saturated heterocycles. The minimum Gasteiger partial charge on any atom is -0.493 e. The Morgan fingerprint density at radius 1 is 1.17 bits per heavy atom. The lowest BCUT2D eigenvalue weighted by Gasteiger charge is -2.29. The van der Waals surface area contributed by atoms with Crippen molar-refractivity contribution in [3.05, 3.63) is 34.4 Å². The van der Waals surface area contributed by atoms with Crippen LogP contribution in [0.5, 0.6) is 11.5 Å². The van der Waals surface area contributed by atoms with Crippen LogP contribution in [0.2, 0.25) is 0 Å². The highest BCUT2D eigenvalue weighted by Crippen LogP contribution is 2.33. The number of fused-ring (bicyclic) bond motifs is 1. The summed E-state index contributed by atoms with van der Waals surface area (Å²) in [7, 11) is 3.34. The number of rotatable bonds is 5. The van der Waals surface area contributed by atoms with E-state index in [1.807, 2.05) is 15.6 Å². The second kappa shape index (κ2) is 6.94. The van der Waals surface area contributed by atoms with E-state index in [-0.39, 0.29) is 0 Å². The van der Waals surface area contributed by atoms with Crippen LogP contribution in [0.15, 0.2) is 18.5 Å². The van der Waals surface area contributed by atoms with Gasteiger partial charge in [0.05, 0.1) is 20.9 Å². The van der Waals surface area contributed by atoms with E-state index in [9.17, 15) is 0 Å². The molecule has 0 spiro atoms. The van der Waals surface area contributed by atoms with Gasteiger partial charge in [0.25, 0.3) is 0 Å². The minimum atomic E-state index is 0.324. The van der Waals surface area contributed by atoms with Crippen LogP contribution in [0.1, 0.15) is 31.0 Å². The van der Waals surface area contributed by atoms with Crippen LogP contribution in [-0.2, 0) is 19.6 Å². The maximum Gasteiger partial charge on any atom is 0.199 e. The smallest absolute Gasteiger partial charge is 0.199 e. The van der Waals surface area contributed by atoms with Crippen LogP contribution >= 0.6 is 12.2 Å². The number of hydrogen-bond donors (Lipinski definition) is 0. The van der Waals surface area contributed by atoms with Crippen LogP contribution in [0, 0.1) is 4.77 Å². The van der Waals surface area contributed by atoms with E-state index in [1.165, 1.54) is 11.1 Å². The van der Waals surface area contributed by atoms with Crippen molar-refractivity contribution in [2.75, 3.05) is 20.8 Å². The zero-order valence-corrected chi connectivity index (χ0v) is 15.5. The SMILES string of the molecule is COc1cc2c(cc1OC)CN(Cn1ncn(C(C)C)c1=S)CC2. The Balaban J connectivity index is 1.79. The van der Waals surface area contributed by atoms with Crippen LogP contribution in [-0.4, -0.2) is 40.0 Å². The number of aromatic nitrogens is 3. The third kappa shape index (κ3) is 3.18. The third-order valence-corrected chi connectivity index (χ3v) is 4.87. The highest BCUT2D eigenvalue weighted by atomic mass is 32.1. The summed E-state index contributed by atoms with van der Waals surface area (Å²) in [6.45, 7) is 6.74. The molecule has 1 aliphatic rings. The van der Waals surface area contributed by atoms with E-state index in [2.05, 4.69) is 36.0 Å². The molecule has 0 bridgehead atoms. The Morgan fingerprint density at radius 2 is 1.83 bits per heavy atom. The number of benzene rings is 1. The van der Waals surface area contributed by atoms with Gasteiger partial charge in [0.1, 0.15) is 6.33 Å². The second-order valence-corrected chi connectivity index (χ2v) is 6.70. The zero-order chi connectivity index (χ0) is 17.3. The van der Waals surface area contributed by atoms with Crippen molar-refractivity contribution in [1.29, 1.82) is 0 Å². The molecule has 0 atom stereocenters. The summed E-state index contributed by atoms with van der Waals surface area (Å²) in [6.07, 6.45) is 2.80. The first-order chi connectivity index (χ1) is 11.5. The average Bonchev–Trinajstić information content (AvgIpc) is 2.94. The first-order valence-corrected chi connectivity index (χ1v) is 8.54. The molecule has 1 aromatic heterocycles. The topological polar surface area (TPSA) is 44.5 Å². The molecule has 0 unspecified atom stereocenters. The predicted molar refractivity (Wildman–Crippen MR) is 95.1 cm³/mol. The van der Waals surface area contributed by atoms with Crippen molar-refractivity contribution in [2.45, 2.75) is 39.5 Å². The van der Waals surface area contributed by atoms with E-state index < -0.39 is 0 Å². The quantitative estimate of drug-likeness (QED) is 0.777. The number of ether oxygens (including phenoxy) is 2. The standard InChI is InChI=1S/C17H24N4O2S/c1-12(2)20-10-18-21(17(20)24)11-19-6-5-13-7-15(22-3)16(23-4)8-14(13)9-19/h7-8,10,12H,5-6,9,11H2,1-4H3. The lowest BCUT2D eigenvalue weighted by molar-refractivity contribution is 0.187. The number of hydrogen-bond acceptors (Lipinski definition) is 5. The Labute approximate surface area is 147 Å². The van der Waals surface area contributed by atoms with Gasteiger partial charge < -0.3 is 14.0 Å². The van der Waals surface area contributed by atoms with Crippen molar-refractivity contribution in [3.63, 3.8) is 0 Å². The lowest BCUT2D eigenvalue weighted by Crippen LogP contribution is -2.32. The highest BCUT2D eigenvalue weighted by Gasteiger charge is 2.20. The first kappa shape index (κ1) is 17.0. The van der Waals surface area contributed by atoms with Gasteiger partial charge in [-0.3, -0.25) is 4.90 Å². The molecule has 0 aliphatic carbocycles. The molecule has 130 valence electrons. The molecule has 1 aromatic carbocycles. The fourth-order valence-electron chi connectivity index (χ4n) is 3.05. The molecule has 0 amide bonds. The zero-order valence-electron chi connectivity index (χ0n) is 14.7. The number of nitrogens with zero attached hydrogens (tertiary/aromatic N) is 4. The third-order valence-electron chi connectivity index (χ3n) is 4.44. The van der Waals surface area contributed by atoms with Gasteiger partial charge in [-0.2, -0.15) is 5.10 Å². The van der Waals surface area contributed by atoms with E-state index in [1.54, 1.807) is 14.2 Å². The minimum absolute atomic E-state index is 0.324. The summed E-state index contributed by atoms with van der Waals surface area (Å²) in [5.74, 6) is 1.57. The average molecular weight is 348 g/mol. The fraction of sp³-hybridized carbons (Fsp3) is 0.529. The Morgan fingerprint density at radius 3 is 2.42 bits per heavy atom. The fourth-order valence-corrected chi connectivity index (χ4v) is 3.42. The lowest BCUT2D eigenvalue weighted by atomic mass is 9.99. The molecule has 1 aliphatic heterocycles. The van der Waals surface area contributed by atoms with Gasteiger partial charge in [0.2, 0.25) is 0 Å². The van der Waals surface area contributed by atoms with E-state index in [0.29, 0.717) is 12.7 Å². The first-order valence-electron chi connectivity index (χ1n) is 8.13. The molecular formula is C17H24N4O2S. The second-order valence-electron chi connectivity index (χ2n) is 6.33. The molecule has 0 saturated carbocycles. The van der Waals surface area contributed by atoms with Crippen molar-refractivity contribution >= 4 is 12.2 Å². The molecule has 24 heavy (non-hydrogen) atoms. The Hall–Kier alpha value is -1.86. The largest absolute Gasteiger partial charge is 0.493 e. The number of methoxy groups -OCH3 is 2. The summed E-state index contributed by atoms with van der Waals surface area (Å²) >= 11 is 5.52. The van der Waals surface area contributed by atoms with Crippen molar-refractivity contribution < 1.29 is 9.47 Å². The molecule has 7 heteroatoms. The van der Waals surface area contributed by atoms with Crippen molar-refractivity contribution in [1.82, 2.24) is 19.2 Å². The van der Waals surface area contributed by atoms with E-state index in [4.69, 9.17) is 21.7 Å². The van der Waals surface area contributed by atoms with Gasteiger partial charge in [0, 0.05) is 19.1 Å². The van der Waals surface area contributed by atoms with Gasteiger partial charge in [-0.15, -0.1) is 0 Å². The molecule has 2 heterocycles. The Bertz CT molecular complexity index is 781. The summed E-state index contributed by atoms with van der Waals surface area (Å²) in [6, 6.07) is 4.49. The summed E-state index contributed by atoms with van der Waals surface area (Å²) in [4.78, 5) is 2.35. The molecule has 6 nitrogen and oxygen atoms in total. The van der Waals surface area contributed by atoms with Gasteiger partial charge in [0.15, 0.2) is 16.3 Å². The van der Waals surface area contributed by atoms with Gasteiger partial charge >= 0.3 is 0 Å². The summed E-state index contributed by atoms with van der Waals surface area (Å²) in [5.41, 5.74) is 2.59. The maximum atomic E-state index is 5.52. The van der Waals surface area contributed by atoms with E-state index in [0.717, 1.165) is 35.8 Å². The normalized spacial score (nSPS) is 14.7. The van der Waals surface area contributed by atoms with Crippen molar-refractivity contribution in [3.8, 4) is 11.5 Å². The van der Waals surface area contributed by atoms with E-state index >= 15 is 0 Å². The van der Waals surface area contributed by atoms with Crippen LogP contribution < -0.4 is 9.47 Å². The highest BCUT2D eigenvalue weighted by molar-refractivity contribution is 7.71. The van der Waals surface area contributed by atoms with Gasteiger partial charge in [-0.1, -0.05) is 0 Å². The molecule has 0 radical (unpaired) electrons. The van der Waals surface area contributed by atoms with Crippen LogP contribution in [0.25, 0.3) is 0 Å². The summed E-state index contributed by atoms with van der Waals surface area (Å²) < 4.78 is 15.5. The molecule has 0 fully saturated rings. The summed E-state index contributed by atoms with van der Waals surface area (Å²) in [5, 5.41) is 4.44. The van der Waals surface area contributed by atoms with Gasteiger partial charge in [-0.25, -0.2) is 4.68 Å². The van der Waals surface area contributed by atoms with Crippen molar-refractivity contribution in [2.24, 2.45) is 0 Å². The molecule has 3 rings (SSSR count). The van der Waals surface area contributed by atoms with Crippen LogP contribution in [0.4, 0.5) is 0 Å². The van der Waals surface area contributed by atoms with Crippen LogP contribution in [0.3, 0.4) is 0 Å². The maximum absolute atomic E-state index is 5.52.